The van der Waals surface area contributed by atoms with Crippen LogP contribution in [-0.4, -0.2) is 26.2 Å². The number of nitrogens with one attached hydrogen (secondary N) is 1. The summed E-state index contributed by atoms with van der Waals surface area (Å²) >= 11 is 1.62. The fraction of sp³-hybridized carbons (Fsp3) is 0.625. The summed E-state index contributed by atoms with van der Waals surface area (Å²) in [6.45, 7) is 1.99. The number of thioether (sulfide) groups is 1. The Morgan fingerprint density at radius 3 is 3.08 bits per heavy atom. The molecule has 0 radical (unpaired) electrons. The van der Waals surface area contributed by atoms with E-state index in [0.717, 1.165) is 11.6 Å². The van der Waals surface area contributed by atoms with E-state index in [1.54, 1.807) is 11.8 Å². The SMILES string of the molecule is CC1C(=O)CCC1Sc1ncn[nH]1. The van der Waals surface area contributed by atoms with E-state index in [1.165, 1.54) is 6.33 Å². The summed E-state index contributed by atoms with van der Waals surface area (Å²) in [5.41, 5.74) is 0. The quantitative estimate of drug-likeness (QED) is 0.775. The molecule has 4 nitrogen and oxygen atoms in total. The highest BCUT2D eigenvalue weighted by atomic mass is 32.2. The van der Waals surface area contributed by atoms with Crippen LogP contribution in [0.4, 0.5) is 0 Å². The highest BCUT2D eigenvalue weighted by molar-refractivity contribution is 7.99. The lowest BCUT2D eigenvalue weighted by Gasteiger charge is -2.10. The van der Waals surface area contributed by atoms with Gasteiger partial charge in [-0.1, -0.05) is 18.7 Å². The first kappa shape index (κ1) is 8.74. The molecule has 1 heterocycles. The molecule has 0 amide bonds. The van der Waals surface area contributed by atoms with Crippen molar-refractivity contribution in [2.24, 2.45) is 5.92 Å². The van der Waals surface area contributed by atoms with E-state index in [4.69, 9.17) is 0 Å². The zero-order valence-corrected chi connectivity index (χ0v) is 8.17. The number of hydrogen-bond donors (Lipinski definition) is 1. The van der Waals surface area contributed by atoms with Crippen LogP contribution < -0.4 is 0 Å². The molecule has 0 aromatic carbocycles. The molecule has 0 spiro atoms. The first-order valence-corrected chi connectivity index (χ1v) is 5.20. The first-order valence-electron chi connectivity index (χ1n) is 4.32. The fourth-order valence-electron chi connectivity index (χ4n) is 1.52. The molecule has 0 saturated heterocycles. The largest absolute Gasteiger partial charge is 0.299 e. The van der Waals surface area contributed by atoms with Gasteiger partial charge < -0.3 is 0 Å². The van der Waals surface area contributed by atoms with Crippen LogP contribution in [0, 0.1) is 5.92 Å². The lowest BCUT2D eigenvalue weighted by Crippen LogP contribution is -2.12. The molecular formula is C8H11N3OS. The van der Waals surface area contributed by atoms with Crippen LogP contribution >= 0.6 is 11.8 Å². The molecular weight excluding hydrogens is 186 g/mol. The summed E-state index contributed by atoms with van der Waals surface area (Å²) in [7, 11) is 0. The maximum absolute atomic E-state index is 11.3. The molecule has 1 aromatic rings. The van der Waals surface area contributed by atoms with Crippen molar-refractivity contribution in [1.29, 1.82) is 0 Å². The molecule has 1 aromatic heterocycles. The molecule has 1 aliphatic rings. The number of hydrogen-bond acceptors (Lipinski definition) is 4. The Bertz CT molecular complexity index is 298. The number of aromatic amines is 1. The van der Waals surface area contributed by atoms with Crippen LogP contribution in [0.15, 0.2) is 11.5 Å². The number of Topliss-reactive ketones (excluding diaryl/α,β-unsaturated/α-hetero) is 1. The van der Waals surface area contributed by atoms with Crippen LogP contribution in [0.3, 0.4) is 0 Å². The van der Waals surface area contributed by atoms with Gasteiger partial charge in [0.1, 0.15) is 12.1 Å². The molecule has 1 saturated carbocycles. The van der Waals surface area contributed by atoms with Gasteiger partial charge >= 0.3 is 0 Å². The fourth-order valence-corrected chi connectivity index (χ4v) is 2.62. The molecule has 0 bridgehead atoms. The highest BCUT2D eigenvalue weighted by Crippen LogP contribution is 2.34. The minimum atomic E-state index is 0.162. The van der Waals surface area contributed by atoms with Gasteiger partial charge in [-0.2, -0.15) is 5.10 Å². The summed E-state index contributed by atoms with van der Waals surface area (Å²) in [5, 5.41) is 7.74. The van der Waals surface area contributed by atoms with Crippen molar-refractivity contribution in [2.45, 2.75) is 30.2 Å². The average molecular weight is 197 g/mol. The van der Waals surface area contributed by atoms with Crippen LogP contribution in [0.5, 0.6) is 0 Å². The lowest BCUT2D eigenvalue weighted by atomic mass is 10.1. The van der Waals surface area contributed by atoms with Crippen molar-refractivity contribution in [3.63, 3.8) is 0 Å². The van der Waals surface area contributed by atoms with Crippen LogP contribution in [-0.2, 0) is 4.79 Å². The predicted octanol–water partition coefficient (Wildman–Crippen LogP) is 1.26. The minimum Gasteiger partial charge on any atom is -0.299 e. The summed E-state index contributed by atoms with van der Waals surface area (Å²) in [6.07, 6.45) is 3.17. The van der Waals surface area contributed by atoms with Gasteiger partial charge in [0, 0.05) is 17.6 Å². The zero-order chi connectivity index (χ0) is 9.26. The molecule has 2 atom stereocenters. The Kier molecular flexibility index (Phi) is 2.35. The number of rotatable bonds is 2. The average Bonchev–Trinajstić information content (AvgIpc) is 2.71. The van der Waals surface area contributed by atoms with Crippen molar-refractivity contribution in [3.8, 4) is 0 Å². The van der Waals surface area contributed by atoms with E-state index < -0.39 is 0 Å². The normalized spacial score (nSPS) is 28.2. The maximum atomic E-state index is 11.3. The van der Waals surface area contributed by atoms with E-state index in [2.05, 4.69) is 15.2 Å². The number of carbonyl (C=O) groups excluding carboxylic acids is 1. The molecule has 2 rings (SSSR count). The van der Waals surface area contributed by atoms with Gasteiger partial charge in [0.25, 0.3) is 0 Å². The highest BCUT2D eigenvalue weighted by Gasteiger charge is 2.32. The summed E-state index contributed by atoms with van der Waals surface area (Å²) < 4.78 is 0. The van der Waals surface area contributed by atoms with Gasteiger partial charge in [-0.15, -0.1) is 0 Å². The predicted molar refractivity (Wildman–Crippen MR) is 49.4 cm³/mol. The van der Waals surface area contributed by atoms with Crippen LogP contribution in [0.1, 0.15) is 19.8 Å². The van der Waals surface area contributed by atoms with Gasteiger partial charge in [-0.05, 0) is 6.42 Å². The molecule has 13 heavy (non-hydrogen) atoms. The van der Waals surface area contributed by atoms with Gasteiger partial charge in [0.15, 0.2) is 5.16 Å². The lowest BCUT2D eigenvalue weighted by molar-refractivity contribution is -0.120. The molecule has 5 heteroatoms. The number of carbonyl (C=O) groups is 1. The van der Waals surface area contributed by atoms with Crippen LogP contribution in [0.2, 0.25) is 0 Å². The molecule has 1 aliphatic carbocycles. The zero-order valence-electron chi connectivity index (χ0n) is 7.36. The van der Waals surface area contributed by atoms with Gasteiger partial charge in [-0.25, -0.2) is 4.98 Å². The van der Waals surface area contributed by atoms with Gasteiger partial charge in [-0.3, -0.25) is 9.89 Å². The van der Waals surface area contributed by atoms with E-state index in [9.17, 15) is 4.79 Å². The topological polar surface area (TPSA) is 58.6 Å². The summed E-state index contributed by atoms with van der Waals surface area (Å²) in [4.78, 5) is 15.3. The second-order valence-electron chi connectivity index (χ2n) is 3.24. The number of aromatic nitrogens is 3. The van der Waals surface area contributed by atoms with E-state index >= 15 is 0 Å². The summed E-state index contributed by atoms with van der Waals surface area (Å²) in [6, 6.07) is 0. The Morgan fingerprint density at radius 2 is 2.54 bits per heavy atom. The monoisotopic (exact) mass is 197 g/mol. The van der Waals surface area contributed by atoms with Crippen LogP contribution in [0.25, 0.3) is 0 Å². The second kappa shape index (κ2) is 3.49. The Morgan fingerprint density at radius 1 is 1.69 bits per heavy atom. The third-order valence-corrected chi connectivity index (χ3v) is 3.76. The molecule has 70 valence electrons. The number of ketones is 1. The second-order valence-corrected chi connectivity index (χ2v) is 4.47. The Hall–Kier alpha value is -0.840. The third kappa shape index (κ3) is 1.75. The Balaban J connectivity index is 2.00. The standard InChI is InChI=1S/C8H11N3OS/c1-5-6(12)2-3-7(5)13-8-9-4-10-11-8/h4-5,7H,2-3H2,1H3,(H,9,10,11). The molecule has 2 unspecified atom stereocenters. The van der Waals surface area contributed by atoms with E-state index in [1.807, 2.05) is 6.92 Å². The van der Waals surface area contributed by atoms with E-state index in [0.29, 0.717) is 17.5 Å². The van der Waals surface area contributed by atoms with E-state index in [-0.39, 0.29) is 5.92 Å². The first-order chi connectivity index (χ1) is 6.27. The summed E-state index contributed by atoms with van der Waals surface area (Å²) in [5.74, 6) is 0.534. The molecule has 1 N–H and O–H groups in total. The van der Waals surface area contributed by atoms with Crippen molar-refractivity contribution >= 4 is 17.5 Å². The van der Waals surface area contributed by atoms with Crippen molar-refractivity contribution in [2.75, 3.05) is 0 Å². The van der Waals surface area contributed by atoms with Crippen molar-refractivity contribution in [1.82, 2.24) is 15.2 Å². The number of nitrogens with zero attached hydrogens (tertiary/aromatic N) is 2. The number of H-pyrrole nitrogens is 1. The van der Waals surface area contributed by atoms with Gasteiger partial charge in [0.2, 0.25) is 0 Å². The smallest absolute Gasteiger partial charge is 0.183 e. The van der Waals surface area contributed by atoms with Crippen molar-refractivity contribution < 1.29 is 4.79 Å². The van der Waals surface area contributed by atoms with Gasteiger partial charge in [0.05, 0.1) is 0 Å². The third-order valence-electron chi connectivity index (χ3n) is 2.40. The maximum Gasteiger partial charge on any atom is 0.183 e. The minimum absolute atomic E-state index is 0.162. The Labute approximate surface area is 80.5 Å². The van der Waals surface area contributed by atoms with Crippen molar-refractivity contribution in [3.05, 3.63) is 6.33 Å². The molecule has 0 aliphatic heterocycles. The molecule has 1 fully saturated rings.